The highest BCUT2D eigenvalue weighted by Crippen LogP contribution is 2.21. The Hall–Kier alpha value is -1.28. The molecule has 0 aromatic carbocycles. The molecule has 21 heavy (non-hydrogen) atoms. The number of sulfonamides is 1. The monoisotopic (exact) mass is 325 g/mol. The van der Waals surface area contributed by atoms with Crippen LogP contribution < -0.4 is 10.0 Å². The maximum Gasteiger partial charge on any atom is 0.250 e. The Bertz CT molecular complexity index is 696. The van der Waals surface area contributed by atoms with Gasteiger partial charge in [-0.2, -0.15) is 0 Å². The number of hydrogen-bond acceptors (Lipinski definition) is 5. The van der Waals surface area contributed by atoms with Crippen molar-refractivity contribution < 1.29 is 8.42 Å². The second-order valence-electron chi connectivity index (χ2n) is 4.67. The maximum absolute atomic E-state index is 12.2. The molecule has 114 valence electrons. The normalized spacial score (nSPS) is 11.7. The van der Waals surface area contributed by atoms with Gasteiger partial charge in [0.15, 0.2) is 0 Å². The molecule has 0 saturated heterocycles. The number of nitrogens with zero attached hydrogens (tertiary/aromatic N) is 1. The number of rotatable bonds is 7. The fourth-order valence-corrected chi connectivity index (χ4v) is 4.22. The van der Waals surface area contributed by atoms with E-state index in [0.29, 0.717) is 9.90 Å². The molecule has 5 nitrogen and oxygen atoms in total. The number of aromatic nitrogens is 1. The Morgan fingerprint density at radius 3 is 2.76 bits per heavy atom. The van der Waals surface area contributed by atoms with E-state index in [1.165, 1.54) is 11.3 Å². The Labute approximate surface area is 129 Å². The summed E-state index contributed by atoms with van der Waals surface area (Å²) in [6, 6.07) is 9.07. The largest absolute Gasteiger partial charge is 0.319 e. The van der Waals surface area contributed by atoms with Gasteiger partial charge in [0, 0.05) is 10.6 Å². The molecule has 2 aromatic heterocycles. The van der Waals surface area contributed by atoms with Crippen LogP contribution in [0.1, 0.15) is 16.3 Å². The SMILES string of the molecule is CNCCc1ccc(S(=O)(=O)NCc2cccc(C)n2)s1. The smallest absolute Gasteiger partial charge is 0.250 e. The molecule has 0 saturated carbocycles. The number of nitrogens with one attached hydrogen (secondary N) is 2. The number of aryl methyl sites for hydroxylation is 1. The van der Waals surface area contributed by atoms with Crippen molar-refractivity contribution in [1.82, 2.24) is 15.0 Å². The fraction of sp³-hybridized carbons (Fsp3) is 0.357. The second-order valence-corrected chi connectivity index (χ2v) is 7.83. The zero-order chi connectivity index (χ0) is 15.3. The van der Waals surface area contributed by atoms with Gasteiger partial charge in [-0.3, -0.25) is 4.98 Å². The summed E-state index contributed by atoms with van der Waals surface area (Å²) in [5, 5.41) is 3.05. The van der Waals surface area contributed by atoms with E-state index >= 15 is 0 Å². The zero-order valence-electron chi connectivity index (χ0n) is 12.1. The molecule has 2 N–H and O–H groups in total. The van der Waals surface area contributed by atoms with Crippen LogP contribution in [0.25, 0.3) is 0 Å². The van der Waals surface area contributed by atoms with E-state index < -0.39 is 10.0 Å². The van der Waals surface area contributed by atoms with Crippen LogP contribution in [-0.4, -0.2) is 27.0 Å². The van der Waals surface area contributed by atoms with Gasteiger partial charge in [0.25, 0.3) is 0 Å². The topological polar surface area (TPSA) is 71.1 Å². The lowest BCUT2D eigenvalue weighted by Gasteiger charge is -2.05. The predicted octanol–water partition coefficient (Wildman–Crippen LogP) is 1.69. The summed E-state index contributed by atoms with van der Waals surface area (Å²) in [5.41, 5.74) is 1.59. The van der Waals surface area contributed by atoms with Crippen molar-refractivity contribution in [3.63, 3.8) is 0 Å². The van der Waals surface area contributed by atoms with Gasteiger partial charge in [-0.15, -0.1) is 11.3 Å². The predicted molar refractivity (Wildman–Crippen MR) is 84.9 cm³/mol. The Kier molecular flexibility index (Phi) is 5.46. The molecule has 0 fully saturated rings. The Morgan fingerprint density at radius 1 is 1.24 bits per heavy atom. The molecular weight excluding hydrogens is 306 g/mol. The molecule has 0 atom stereocenters. The van der Waals surface area contributed by atoms with Crippen LogP contribution in [0.5, 0.6) is 0 Å². The summed E-state index contributed by atoms with van der Waals surface area (Å²) in [4.78, 5) is 5.34. The van der Waals surface area contributed by atoms with Gasteiger partial charge in [-0.1, -0.05) is 6.07 Å². The Morgan fingerprint density at radius 2 is 2.05 bits per heavy atom. The van der Waals surface area contributed by atoms with Gasteiger partial charge >= 0.3 is 0 Å². The summed E-state index contributed by atoms with van der Waals surface area (Å²) in [5.74, 6) is 0. The van der Waals surface area contributed by atoms with Crippen molar-refractivity contribution in [2.75, 3.05) is 13.6 Å². The van der Waals surface area contributed by atoms with Crippen LogP contribution in [0.15, 0.2) is 34.5 Å². The van der Waals surface area contributed by atoms with E-state index in [4.69, 9.17) is 0 Å². The molecule has 0 spiro atoms. The standard InChI is InChI=1S/C14H19N3O2S2/c1-11-4-3-5-12(17-11)10-16-21(18,19)14-7-6-13(20-14)8-9-15-2/h3-7,15-16H,8-10H2,1-2H3. The lowest BCUT2D eigenvalue weighted by Crippen LogP contribution is -2.23. The van der Waals surface area contributed by atoms with Crippen molar-refractivity contribution in [3.8, 4) is 0 Å². The zero-order valence-corrected chi connectivity index (χ0v) is 13.7. The van der Waals surface area contributed by atoms with Gasteiger partial charge in [0.2, 0.25) is 10.0 Å². The molecule has 0 amide bonds. The van der Waals surface area contributed by atoms with E-state index in [-0.39, 0.29) is 6.54 Å². The molecule has 2 heterocycles. The molecular formula is C14H19N3O2S2. The third-order valence-electron chi connectivity index (χ3n) is 2.91. The summed E-state index contributed by atoms with van der Waals surface area (Å²) in [6.07, 6.45) is 0.829. The summed E-state index contributed by atoms with van der Waals surface area (Å²) in [6.45, 7) is 2.92. The average Bonchev–Trinajstić information content (AvgIpc) is 2.93. The highest BCUT2D eigenvalue weighted by molar-refractivity contribution is 7.91. The van der Waals surface area contributed by atoms with Gasteiger partial charge in [-0.25, -0.2) is 13.1 Å². The molecule has 2 rings (SSSR count). The van der Waals surface area contributed by atoms with Gasteiger partial charge < -0.3 is 5.32 Å². The lowest BCUT2D eigenvalue weighted by molar-refractivity contribution is 0.582. The molecule has 0 bridgehead atoms. The Balaban J connectivity index is 2.02. The molecule has 0 aliphatic carbocycles. The van der Waals surface area contributed by atoms with Crippen LogP contribution in [0, 0.1) is 6.92 Å². The number of thiophene rings is 1. The highest BCUT2D eigenvalue weighted by atomic mass is 32.2. The third kappa shape index (κ3) is 4.60. The van der Waals surface area contributed by atoms with Crippen LogP contribution in [0.4, 0.5) is 0 Å². The minimum Gasteiger partial charge on any atom is -0.319 e. The minimum atomic E-state index is -3.47. The summed E-state index contributed by atoms with van der Waals surface area (Å²) < 4.78 is 27.4. The third-order valence-corrected chi connectivity index (χ3v) is 5.95. The van der Waals surface area contributed by atoms with Crippen LogP contribution in [-0.2, 0) is 23.0 Å². The van der Waals surface area contributed by atoms with Gasteiger partial charge in [0.1, 0.15) is 4.21 Å². The minimum absolute atomic E-state index is 0.202. The van der Waals surface area contributed by atoms with Crippen LogP contribution >= 0.6 is 11.3 Å². The summed E-state index contributed by atoms with van der Waals surface area (Å²) >= 11 is 1.31. The molecule has 2 aromatic rings. The van der Waals surface area contributed by atoms with E-state index in [0.717, 1.165) is 23.5 Å². The molecule has 0 unspecified atom stereocenters. The van der Waals surface area contributed by atoms with Crippen molar-refractivity contribution in [2.24, 2.45) is 0 Å². The average molecular weight is 325 g/mol. The lowest BCUT2D eigenvalue weighted by atomic mass is 10.3. The maximum atomic E-state index is 12.2. The quantitative estimate of drug-likeness (QED) is 0.813. The molecule has 7 heteroatoms. The van der Waals surface area contributed by atoms with Crippen molar-refractivity contribution in [3.05, 3.63) is 46.6 Å². The van der Waals surface area contributed by atoms with Crippen LogP contribution in [0.2, 0.25) is 0 Å². The van der Waals surface area contributed by atoms with Crippen molar-refractivity contribution in [1.29, 1.82) is 0 Å². The molecule has 0 aliphatic heterocycles. The second kappa shape index (κ2) is 7.13. The van der Waals surface area contributed by atoms with Gasteiger partial charge in [-0.05, 0) is 51.2 Å². The van der Waals surface area contributed by atoms with Crippen molar-refractivity contribution >= 4 is 21.4 Å². The first-order valence-corrected chi connectivity index (χ1v) is 8.97. The summed E-state index contributed by atoms with van der Waals surface area (Å²) in [7, 11) is -1.59. The molecule has 0 radical (unpaired) electrons. The van der Waals surface area contributed by atoms with Crippen molar-refractivity contribution in [2.45, 2.75) is 24.1 Å². The van der Waals surface area contributed by atoms with E-state index in [2.05, 4.69) is 15.0 Å². The fourth-order valence-electron chi connectivity index (χ4n) is 1.82. The first kappa shape index (κ1) is 16.1. The van der Waals surface area contributed by atoms with E-state index in [1.807, 2.05) is 38.2 Å². The number of hydrogen-bond donors (Lipinski definition) is 2. The first-order valence-electron chi connectivity index (χ1n) is 6.67. The van der Waals surface area contributed by atoms with E-state index in [9.17, 15) is 8.42 Å². The van der Waals surface area contributed by atoms with Gasteiger partial charge in [0.05, 0.1) is 12.2 Å². The molecule has 0 aliphatic rings. The highest BCUT2D eigenvalue weighted by Gasteiger charge is 2.16. The number of likely N-dealkylation sites (N-methyl/N-ethyl adjacent to an activating group) is 1. The van der Waals surface area contributed by atoms with Crippen LogP contribution in [0.3, 0.4) is 0 Å². The number of pyridine rings is 1. The van der Waals surface area contributed by atoms with E-state index in [1.54, 1.807) is 6.07 Å². The first-order chi connectivity index (χ1) is 10.0.